The number of halogens is 2. The highest BCUT2D eigenvalue weighted by atomic mass is 35.5. The van der Waals surface area contributed by atoms with Crippen LogP contribution in [0.1, 0.15) is 31.7 Å². The lowest BCUT2D eigenvalue weighted by Gasteiger charge is -2.28. The summed E-state index contributed by atoms with van der Waals surface area (Å²) in [6.07, 6.45) is -0.828. The number of hydrogen-bond acceptors (Lipinski definition) is 6. The van der Waals surface area contributed by atoms with Crippen molar-refractivity contribution in [2.24, 2.45) is 0 Å². The maximum atomic E-state index is 9.77. The number of benzene rings is 1. The molecule has 1 aromatic carbocycles. The molecule has 10 heteroatoms. The number of aliphatic hydroxyl groups excluding tert-OH is 2. The van der Waals surface area contributed by atoms with Crippen molar-refractivity contribution in [1.82, 2.24) is 10.2 Å². The zero-order valence-electron chi connectivity index (χ0n) is 16.2. The largest absolute Gasteiger partial charge is 0.479 e. The average molecular weight is 451 g/mol. The molecule has 2 rings (SSSR count). The van der Waals surface area contributed by atoms with Gasteiger partial charge < -0.3 is 25.7 Å². The lowest BCUT2D eigenvalue weighted by atomic mass is 10.1. The monoisotopic (exact) mass is 450 g/mol. The summed E-state index contributed by atoms with van der Waals surface area (Å²) < 4.78 is 0. The summed E-state index contributed by atoms with van der Waals surface area (Å²) in [7, 11) is 0. The molecule has 0 unspecified atom stereocenters. The molecule has 164 valence electrons. The van der Waals surface area contributed by atoms with Crippen LogP contribution in [-0.4, -0.2) is 75.1 Å². The van der Waals surface area contributed by atoms with Gasteiger partial charge >= 0.3 is 11.9 Å². The van der Waals surface area contributed by atoms with E-state index in [-0.39, 0.29) is 0 Å². The van der Waals surface area contributed by atoms with Crippen molar-refractivity contribution in [3.05, 3.63) is 33.8 Å². The van der Waals surface area contributed by atoms with Crippen LogP contribution < -0.4 is 5.32 Å². The normalized spacial score (nSPS) is 18.1. The van der Waals surface area contributed by atoms with Gasteiger partial charge in [0.25, 0.3) is 0 Å². The van der Waals surface area contributed by atoms with E-state index < -0.39 is 24.1 Å². The Bertz CT molecular complexity index is 632. The molecule has 1 saturated heterocycles. The molecule has 0 radical (unpaired) electrons. The van der Waals surface area contributed by atoms with Gasteiger partial charge in [0.2, 0.25) is 0 Å². The van der Waals surface area contributed by atoms with Gasteiger partial charge in [0, 0.05) is 29.2 Å². The molecular formula is C19H28Cl2N2O6. The fourth-order valence-electron chi connectivity index (χ4n) is 2.91. The van der Waals surface area contributed by atoms with Crippen LogP contribution in [0.15, 0.2) is 18.2 Å². The molecule has 1 fully saturated rings. The third-order valence-electron chi connectivity index (χ3n) is 4.46. The Labute approximate surface area is 180 Å². The van der Waals surface area contributed by atoms with Gasteiger partial charge in [-0.2, -0.15) is 0 Å². The number of unbranched alkanes of at least 4 members (excludes halogenated alkanes) is 1. The summed E-state index contributed by atoms with van der Waals surface area (Å²) in [6.45, 7) is 6.54. The first-order chi connectivity index (χ1) is 13.6. The minimum atomic E-state index is -2.27. The number of hydrogen-bond donors (Lipinski definition) is 5. The number of aliphatic hydroxyl groups is 2. The first kappa shape index (κ1) is 25.6. The van der Waals surface area contributed by atoms with E-state index in [1.165, 1.54) is 24.8 Å². The van der Waals surface area contributed by atoms with Crippen molar-refractivity contribution in [2.75, 3.05) is 19.6 Å². The number of aliphatic carboxylic acids is 2. The molecule has 1 aliphatic heterocycles. The van der Waals surface area contributed by atoms with Crippen molar-refractivity contribution in [1.29, 1.82) is 0 Å². The summed E-state index contributed by atoms with van der Waals surface area (Å²) in [4.78, 5) is 22.1. The maximum Gasteiger partial charge on any atom is 0.335 e. The van der Waals surface area contributed by atoms with Crippen LogP contribution in [0.2, 0.25) is 10.0 Å². The number of nitrogens with one attached hydrogen (secondary N) is 1. The van der Waals surface area contributed by atoms with Crippen LogP contribution in [0.5, 0.6) is 0 Å². The van der Waals surface area contributed by atoms with E-state index in [1.54, 1.807) is 6.07 Å². The van der Waals surface area contributed by atoms with Crippen molar-refractivity contribution in [3.63, 3.8) is 0 Å². The summed E-state index contributed by atoms with van der Waals surface area (Å²) in [6, 6.07) is 6.48. The average Bonchev–Trinajstić information content (AvgIpc) is 3.18. The van der Waals surface area contributed by atoms with Gasteiger partial charge in [-0.3, -0.25) is 4.90 Å². The highest BCUT2D eigenvalue weighted by Crippen LogP contribution is 2.22. The number of rotatable bonds is 9. The number of carboxylic acids is 2. The van der Waals surface area contributed by atoms with E-state index in [1.807, 2.05) is 12.1 Å². The first-order valence-electron chi connectivity index (χ1n) is 9.37. The van der Waals surface area contributed by atoms with E-state index in [2.05, 4.69) is 17.1 Å². The first-order valence-corrected chi connectivity index (χ1v) is 10.1. The molecule has 0 saturated carbocycles. The third-order valence-corrected chi connectivity index (χ3v) is 4.90. The Morgan fingerprint density at radius 3 is 2.10 bits per heavy atom. The molecule has 5 N–H and O–H groups in total. The predicted molar refractivity (Wildman–Crippen MR) is 110 cm³/mol. The molecule has 1 aromatic rings. The second-order valence-electron chi connectivity index (χ2n) is 6.81. The SMILES string of the molecule is CCCCN(Cc1cc(Cl)cc(Cl)c1)[C@H]1CCNC1.O=C(O)[C@H](O)[C@@H](O)C(=O)O. The van der Waals surface area contributed by atoms with Gasteiger partial charge in [-0.15, -0.1) is 0 Å². The van der Waals surface area contributed by atoms with Crippen molar-refractivity contribution >= 4 is 35.1 Å². The van der Waals surface area contributed by atoms with Crippen molar-refractivity contribution in [3.8, 4) is 0 Å². The molecule has 3 atom stereocenters. The highest BCUT2D eigenvalue weighted by molar-refractivity contribution is 6.34. The summed E-state index contributed by atoms with van der Waals surface area (Å²) >= 11 is 12.2. The Balaban J connectivity index is 0.000000359. The van der Waals surface area contributed by atoms with Gasteiger partial charge in [0.1, 0.15) is 0 Å². The van der Waals surface area contributed by atoms with Gasteiger partial charge in [-0.25, -0.2) is 9.59 Å². The number of carbonyl (C=O) groups is 2. The zero-order chi connectivity index (χ0) is 22.0. The Morgan fingerprint density at radius 1 is 1.14 bits per heavy atom. The van der Waals surface area contributed by atoms with Crippen LogP contribution in [0.4, 0.5) is 0 Å². The lowest BCUT2D eigenvalue weighted by molar-refractivity contribution is -0.165. The maximum absolute atomic E-state index is 9.77. The standard InChI is InChI=1S/C15H22Cl2N2.C4H6O6/c1-2-3-6-19(15-4-5-18-10-15)11-12-7-13(16)9-14(17)8-12;5-1(3(7)8)2(6)4(9)10/h7-9,15,18H,2-6,10-11H2,1H3;1-2,5-6H,(H,7,8)(H,9,10)/t15-;1-,2-/m01/s1. The fourth-order valence-corrected chi connectivity index (χ4v) is 3.48. The van der Waals surface area contributed by atoms with Crippen LogP contribution in [-0.2, 0) is 16.1 Å². The summed E-state index contributed by atoms with van der Waals surface area (Å²) in [5.41, 5.74) is 1.21. The molecule has 0 aromatic heterocycles. The highest BCUT2D eigenvalue weighted by Gasteiger charge is 2.29. The van der Waals surface area contributed by atoms with E-state index in [4.69, 9.17) is 43.6 Å². The molecule has 0 aliphatic carbocycles. The van der Waals surface area contributed by atoms with E-state index in [9.17, 15) is 9.59 Å². The Hall–Kier alpha value is -1.42. The third kappa shape index (κ3) is 9.29. The molecule has 1 heterocycles. The van der Waals surface area contributed by atoms with Gasteiger partial charge in [0.15, 0.2) is 12.2 Å². The molecule has 0 amide bonds. The zero-order valence-corrected chi connectivity index (χ0v) is 17.7. The van der Waals surface area contributed by atoms with Gasteiger partial charge in [0.05, 0.1) is 0 Å². The van der Waals surface area contributed by atoms with Crippen molar-refractivity contribution < 1.29 is 30.0 Å². The van der Waals surface area contributed by atoms with E-state index >= 15 is 0 Å². The second-order valence-corrected chi connectivity index (χ2v) is 7.69. The Kier molecular flexibility index (Phi) is 11.5. The number of carboxylic acid groups (broad SMARTS) is 2. The van der Waals surface area contributed by atoms with E-state index in [0.29, 0.717) is 6.04 Å². The summed E-state index contributed by atoms with van der Waals surface area (Å²) in [5, 5.41) is 37.4. The van der Waals surface area contributed by atoms with Crippen LogP contribution in [0.25, 0.3) is 0 Å². The minimum absolute atomic E-state index is 0.643. The predicted octanol–water partition coefficient (Wildman–Crippen LogP) is 1.83. The van der Waals surface area contributed by atoms with Crippen LogP contribution in [0.3, 0.4) is 0 Å². The van der Waals surface area contributed by atoms with Crippen molar-refractivity contribution in [2.45, 2.75) is 51.0 Å². The second kappa shape index (κ2) is 13.0. The molecule has 0 spiro atoms. The smallest absolute Gasteiger partial charge is 0.335 e. The van der Waals surface area contributed by atoms with Gasteiger partial charge in [-0.05, 0) is 49.7 Å². The molecule has 1 aliphatic rings. The summed E-state index contributed by atoms with van der Waals surface area (Å²) in [5.74, 6) is -3.54. The topological polar surface area (TPSA) is 130 Å². The van der Waals surface area contributed by atoms with Gasteiger partial charge in [-0.1, -0.05) is 36.5 Å². The molecular weight excluding hydrogens is 423 g/mol. The van der Waals surface area contributed by atoms with E-state index in [0.717, 1.165) is 36.2 Å². The molecule has 0 bridgehead atoms. The molecule has 29 heavy (non-hydrogen) atoms. The van der Waals surface area contributed by atoms with Crippen LogP contribution in [0, 0.1) is 0 Å². The van der Waals surface area contributed by atoms with Crippen LogP contribution >= 0.6 is 23.2 Å². The fraction of sp³-hybridized carbons (Fsp3) is 0.579. The number of nitrogens with zero attached hydrogens (tertiary/aromatic N) is 1. The minimum Gasteiger partial charge on any atom is -0.479 e. The quantitative estimate of drug-likeness (QED) is 0.385. The lowest BCUT2D eigenvalue weighted by Crippen LogP contribution is -2.39. The molecule has 8 nitrogen and oxygen atoms in total. The Morgan fingerprint density at radius 2 is 1.69 bits per heavy atom.